The van der Waals surface area contributed by atoms with Gasteiger partial charge in [-0.15, -0.1) is 0 Å². The molecular weight excluding hydrogens is 585 g/mol. The molecule has 228 valence electrons. The molecule has 9 rings (SSSR count). The molecule has 9 aromatic rings. The largest absolute Gasteiger partial charge is 0.399 e. The molecule has 48 heavy (non-hydrogen) atoms. The van der Waals surface area contributed by atoms with Crippen LogP contribution in [0.1, 0.15) is 0 Å². The molecule has 0 saturated carbocycles. The van der Waals surface area contributed by atoms with Crippen molar-refractivity contribution in [2.24, 2.45) is 0 Å². The number of anilines is 6. The van der Waals surface area contributed by atoms with Gasteiger partial charge >= 0.3 is 0 Å². The van der Waals surface area contributed by atoms with Crippen LogP contribution in [-0.2, 0) is 0 Å². The van der Waals surface area contributed by atoms with Crippen LogP contribution in [0.4, 0.5) is 34.1 Å². The van der Waals surface area contributed by atoms with E-state index < -0.39 is 0 Å². The quantitative estimate of drug-likeness (QED) is 0.136. The number of nitrogens with zero attached hydrogens (tertiary/aromatic N) is 1. The number of nitrogens with two attached hydrogens (primary N) is 3. The molecule has 0 atom stereocenters. The molecule has 0 bridgehead atoms. The van der Waals surface area contributed by atoms with Gasteiger partial charge in [0, 0.05) is 34.1 Å². The van der Waals surface area contributed by atoms with Crippen molar-refractivity contribution in [3.63, 3.8) is 0 Å². The summed E-state index contributed by atoms with van der Waals surface area (Å²) < 4.78 is 0. The van der Waals surface area contributed by atoms with Gasteiger partial charge in [-0.1, -0.05) is 72.8 Å². The van der Waals surface area contributed by atoms with Gasteiger partial charge in [-0.3, -0.25) is 0 Å². The molecule has 4 heteroatoms. The van der Waals surface area contributed by atoms with Crippen LogP contribution < -0.4 is 22.1 Å². The maximum absolute atomic E-state index is 6.13. The van der Waals surface area contributed by atoms with E-state index in [1.807, 2.05) is 36.4 Å². The molecule has 0 heterocycles. The fourth-order valence-electron chi connectivity index (χ4n) is 7.13. The normalized spacial score (nSPS) is 11.6. The van der Waals surface area contributed by atoms with E-state index in [0.717, 1.165) is 66.4 Å². The van der Waals surface area contributed by atoms with Gasteiger partial charge in [0.25, 0.3) is 0 Å². The minimum absolute atomic E-state index is 0.757. The number of fused-ring (bicyclic) bond motifs is 6. The average molecular weight is 617 g/mol. The van der Waals surface area contributed by atoms with Crippen molar-refractivity contribution < 1.29 is 0 Å². The van der Waals surface area contributed by atoms with E-state index in [2.05, 4.69) is 126 Å². The third-order valence-corrected chi connectivity index (χ3v) is 9.49. The Hall–Kier alpha value is -6.52. The van der Waals surface area contributed by atoms with Crippen molar-refractivity contribution in [1.82, 2.24) is 0 Å². The van der Waals surface area contributed by atoms with Crippen molar-refractivity contribution in [3.8, 4) is 11.1 Å². The van der Waals surface area contributed by atoms with Gasteiger partial charge in [0.1, 0.15) is 0 Å². The minimum atomic E-state index is 0.757. The van der Waals surface area contributed by atoms with Crippen LogP contribution in [0.2, 0.25) is 0 Å². The monoisotopic (exact) mass is 616 g/mol. The Balaban J connectivity index is 1.30. The highest BCUT2D eigenvalue weighted by molar-refractivity contribution is 6.15. The average Bonchev–Trinajstić information content (AvgIpc) is 3.11. The molecule has 0 radical (unpaired) electrons. The summed E-state index contributed by atoms with van der Waals surface area (Å²) in [6.45, 7) is 0. The Kier molecular flexibility index (Phi) is 6.24. The molecule has 6 N–H and O–H groups in total. The Labute approximate surface area is 278 Å². The Morgan fingerprint density at radius 2 is 0.792 bits per heavy atom. The summed E-state index contributed by atoms with van der Waals surface area (Å²) in [6, 6.07) is 55.8. The second kappa shape index (κ2) is 10.8. The van der Waals surface area contributed by atoms with Crippen molar-refractivity contribution >= 4 is 88.0 Å². The maximum atomic E-state index is 6.13. The molecule has 0 amide bonds. The van der Waals surface area contributed by atoms with Crippen LogP contribution in [-0.4, -0.2) is 0 Å². The second-order valence-electron chi connectivity index (χ2n) is 12.6. The van der Waals surface area contributed by atoms with Gasteiger partial charge in [-0.25, -0.2) is 0 Å². The van der Waals surface area contributed by atoms with Crippen LogP contribution >= 0.6 is 0 Å². The minimum Gasteiger partial charge on any atom is -0.399 e. The van der Waals surface area contributed by atoms with Crippen LogP contribution in [0.25, 0.3) is 65.0 Å². The predicted molar refractivity (Wildman–Crippen MR) is 207 cm³/mol. The van der Waals surface area contributed by atoms with Crippen LogP contribution in [0.3, 0.4) is 0 Å². The molecule has 0 spiro atoms. The smallest absolute Gasteiger partial charge is 0.0468 e. The van der Waals surface area contributed by atoms with E-state index in [9.17, 15) is 0 Å². The van der Waals surface area contributed by atoms with Crippen molar-refractivity contribution in [3.05, 3.63) is 158 Å². The van der Waals surface area contributed by atoms with Crippen LogP contribution in [0.5, 0.6) is 0 Å². The lowest BCUT2D eigenvalue weighted by molar-refractivity contribution is 1.30. The second-order valence-corrected chi connectivity index (χ2v) is 12.6. The van der Waals surface area contributed by atoms with Gasteiger partial charge in [-0.05, 0) is 150 Å². The first-order chi connectivity index (χ1) is 23.5. The molecule has 0 fully saturated rings. The topological polar surface area (TPSA) is 81.3 Å². The SMILES string of the molecule is Nc1ccc2cc(-c3cc4ccccc4c4ccc(N(c5ccc6cc(N)ccc6c5)c5ccc6cc(N)ccc6c5)cc34)ccc2c1. The van der Waals surface area contributed by atoms with Gasteiger partial charge in [-0.2, -0.15) is 0 Å². The first-order valence-corrected chi connectivity index (χ1v) is 16.1. The number of rotatable bonds is 4. The highest BCUT2D eigenvalue weighted by atomic mass is 15.1. The van der Waals surface area contributed by atoms with Gasteiger partial charge in [0.2, 0.25) is 0 Å². The van der Waals surface area contributed by atoms with Gasteiger partial charge < -0.3 is 22.1 Å². The van der Waals surface area contributed by atoms with Crippen LogP contribution in [0, 0.1) is 0 Å². The van der Waals surface area contributed by atoms with E-state index in [0.29, 0.717) is 0 Å². The molecular formula is C44H32N4. The summed E-state index contributed by atoms with van der Waals surface area (Å²) >= 11 is 0. The Bertz CT molecular complexity index is 2640. The van der Waals surface area contributed by atoms with Crippen molar-refractivity contribution in [2.75, 3.05) is 22.1 Å². The third kappa shape index (κ3) is 4.70. The third-order valence-electron chi connectivity index (χ3n) is 9.49. The molecule has 4 nitrogen and oxygen atoms in total. The molecule has 0 unspecified atom stereocenters. The molecule has 9 aromatic carbocycles. The standard InChI is InChI=1S/C44H32N4/c45-35-12-7-27-19-34(6-5-28(27)20-35)43-25-33-3-1-2-4-41(33)42-18-17-40(26-44(42)43)48(38-15-10-29-21-36(46)13-8-31(29)23-38)39-16-11-30-22-37(47)14-9-32(30)24-39/h1-26H,45-47H2. The molecule has 0 aliphatic carbocycles. The predicted octanol–water partition coefficient (Wildman–Crippen LogP) is 11.3. The lowest BCUT2D eigenvalue weighted by atomic mass is 9.91. The first kappa shape index (κ1) is 27.8. The zero-order valence-electron chi connectivity index (χ0n) is 26.2. The van der Waals surface area contributed by atoms with E-state index >= 15 is 0 Å². The highest BCUT2D eigenvalue weighted by Crippen LogP contribution is 2.43. The first-order valence-electron chi connectivity index (χ1n) is 16.1. The molecule has 0 aliphatic rings. The maximum Gasteiger partial charge on any atom is 0.0468 e. The van der Waals surface area contributed by atoms with E-state index in [1.54, 1.807) is 0 Å². The number of benzene rings is 9. The summed E-state index contributed by atoms with van der Waals surface area (Å²) in [5.74, 6) is 0. The Morgan fingerprint density at radius 1 is 0.312 bits per heavy atom. The summed E-state index contributed by atoms with van der Waals surface area (Å²) in [7, 11) is 0. The van der Waals surface area contributed by atoms with Crippen molar-refractivity contribution in [2.45, 2.75) is 0 Å². The fourth-order valence-corrected chi connectivity index (χ4v) is 7.13. The van der Waals surface area contributed by atoms with Gasteiger partial charge in [0.05, 0.1) is 0 Å². The zero-order valence-corrected chi connectivity index (χ0v) is 26.2. The number of hydrogen-bond acceptors (Lipinski definition) is 4. The van der Waals surface area contributed by atoms with Crippen molar-refractivity contribution in [1.29, 1.82) is 0 Å². The lowest BCUT2D eigenvalue weighted by Crippen LogP contribution is -2.10. The van der Waals surface area contributed by atoms with E-state index in [-0.39, 0.29) is 0 Å². The summed E-state index contributed by atoms with van der Waals surface area (Å²) in [5.41, 5.74) is 26.2. The summed E-state index contributed by atoms with van der Waals surface area (Å²) in [6.07, 6.45) is 0. The zero-order chi connectivity index (χ0) is 32.4. The fraction of sp³-hybridized carbons (Fsp3) is 0. The number of hydrogen-bond donors (Lipinski definition) is 3. The van der Waals surface area contributed by atoms with E-state index in [1.165, 1.54) is 32.7 Å². The van der Waals surface area contributed by atoms with Gasteiger partial charge in [0.15, 0.2) is 0 Å². The Morgan fingerprint density at radius 3 is 1.42 bits per heavy atom. The highest BCUT2D eigenvalue weighted by Gasteiger charge is 2.17. The van der Waals surface area contributed by atoms with Crippen LogP contribution in [0.15, 0.2) is 158 Å². The summed E-state index contributed by atoms with van der Waals surface area (Å²) in [5, 5.41) is 11.6. The molecule has 0 aliphatic heterocycles. The van der Waals surface area contributed by atoms with E-state index in [4.69, 9.17) is 17.2 Å². The summed E-state index contributed by atoms with van der Waals surface area (Å²) in [4.78, 5) is 2.34. The lowest BCUT2D eigenvalue weighted by Gasteiger charge is -2.27. The number of nitrogen functional groups attached to an aromatic ring is 3. The molecule has 0 saturated heterocycles. The molecule has 0 aromatic heterocycles.